The van der Waals surface area contributed by atoms with E-state index in [-0.39, 0.29) is 17.3 Å². The highest BCUT2D eigenvalue weighted by atomic mass is 35.5. The molecule has 1 heterocycles. The van der Waals surface area contributed by atoms with E-state index in [9.17, 15) is 4.79 Å². The molecule has 0 aliphatic carbocycles. The number of hydrogen-bond donors (Lipinski definition) is 0. The van der Waals surface area contributed by atoms with Crippen molar-refractivity contribution in [3.63, 3.8) is 0 Å². The lowest BCUT2D eigenvalue weighted by Gasteiger charge is -2.26. The van der Waals surface area contributed by atoms with Gasteiger partial charge in [-0.2, -0.15) is 5.26 Å². The third-order valence-electron chi connectivity index (χ3n) is 5.49. The van der Waals surface area contributed by atoms with Crippen LogP contribution in [0.4, 0.5) is 0 Å². The van der Waals surface area contributed by atoms with Crippen LogP contribution in [0.2, 0.25) is 5.02 Å². The molecule has 0 bridgehead atoms. The first kappa shape index (κ1) is 27.0. The number of fused-ring (bicyclic) bond motifs is 1. The molecule has 0 spiro atoms. The molecule has 3 rings (SSSR count). The topological polar surface area (TPSA) is 64.2 Å². The predicted octanol–water partition coefficient (Wildman–Crippen LogP) is 7.27. The van der Waals surface area contributed by atoms with Gasteiger partial charge in [0.2, 0.25) is 0 Å². The number of nitrogens with zero attached hydrogens (tertiary/aromatic N) is 2. The van der Waals surface area contributed by atoms with Crippen molar-refractivity contribution in [2.24, 2.45) is 5.41 Å². The summed E-state index contributed by atoms with van der Waals surface area (Å²) in [5.41, 5.74) is 2.52. The molecule has 0 aliphatic rings. The number of rotatable bonds is 9. The van der Waals surface area contributed by atoms with E-state index >= 15 is 0 Å². The van der Waals surface area contributed by atoms with Crippen LogP contribution in [0.15, 0.2) is 47.4 Å². The van der Waals surface area contributed by atoms with Crippen LogP contribution >= 0.6 is 23.4 Å². The monoisotopic (exact) mass is 512 g/mol. The van der Waals surface area contributed by atoms with Gasteiger partial charge in [0.1, 0.15) is 11.8 Å². The van der Waals surface area contributed by atoms with Crippen molar-refractivity contribution in [1.82, 2.24) is 4.57 Å². The Balaban J connectivity index is 2.24. The van der Waals surface area contributed by atoms with E-state index in [4.69, 9.17) is 26.3 Å². The zero-order valence-electron chi connectivity index (χ0n) is 21.3. The van der Waals surface area contributed by atoms with Crippen molar-refractivity contribution in [1.29, 1.82) is 5.26 Å². The molecule has 0 aliphatic heterocycles. The Morgan fingerprint density at radius 2 is 1.80 bits per heavy atom. The molecule has 0 atom stereocenters. The van der Waals surface area contributed by atoms with Crippen LogP contribution in [0.3, 0.4) is 0 Å². The minimum atomic E-state index is -0.713. The number of aromatic nitrogens is 1. The molecule has 0 unspecified atom stereocenters. The Bertz CT molecular complexity index is 1230. The molecule has 3 aromatic rings. The summed E-state index contributed by atoms with van der Waals surface area (Å²) in [6.07, 6.45) is 0.515. The van der Waals surface area contributed by atoms with Gasteiger partial charge in [0.05, 0.1) is 12.0 Å². The molecule has 5 nitrogen and oxygen atoms in total. The zero-order chi connectivity index (χ0) is 25.8. The predicted molar refractivity (Wildman–Crippen MR) is 143 cm³/mol. The maximum Gasteiger partial charge on any atom is 0.311 e. The smallest absolute Gasteiger partial charge is 0.311 e. The maximum atomic E-state index is 12.9. The van der Waals surface area contributed by atoms with E-state index in [0.29, 0.717) is 30.3 Å². The number of thioether (sulfide) groups is 1. The van der Waals surface area contributed by atoms with E-state index in [1.54, 1.807) is 11.8 Å². The normalized spacial score (nSPS) is 11.9. The first-order chi connectivity index (χ1) is 16.4. The summed E-state index contributed by atoms with van der Waals surface area (Å²) in [7, 11) is 0. The molecule has 2 aromatic carbocycles. The summed E-state index contributed by atoms with van der Waals surface area (Å²) in [6.45, 7) is 13.2. The molecule has 1 aromatic heterocycles. The van der Waals surface area contributed by atoms with Crippen LogP contribution in [0, 0.1) is 16.7 Å². The van der Waals surface area contributed by atoms with E-state index in [1.807, 2.05) is 69.3 Å². The molecular weight excluding hydrogens is 480 g/mol. The van der Waals surface area contributed by atoms with Gasteiger partial charge in [0.15, 0.2) is 6.61 Å². The minimum Gasteiger partial charge on any atom is -0.479 e. The van der Waals surface area contributed by atoms with Crippen LogP contribution in [0.25, 0.3) is 10.9 Å². The number of halogens is 1. The molecule has 0 N–H and O–H groups in total. The van der Waals surface area contributed by atoms with Crippen molar-refractivity contribution in [3.8, 4) is 11.8 Å². The molecule has 0 saturated carbocycles. The van der Waals surface area contributed by atoms with Crippen molar-refractivity contribution >= 4 is 40.2 Å². The summed E-state index contributed by atoms with van der Waals surface area (Å²) in [4.78, 5) is 14.0. The van der Waals surface area contributed by atoms with Gasteiger partial charge in [-0.3, -0.25) is 4.79 Å². The SMILES string of the molecule is CCOC(=O)C(C)(C)Cc1c(SC(C)(C)C)c2cc(OCC#N)ccc2n1Cc1ccc(Cl)cc1. The second kappa shape index (κ2) is 11.0. The second-order valence-corrected chi connectivity index (χ2v) is 12.4. The van der Waals surface area contributed by atoms with Crippen LogP contribution in [-0.2, 0) is 22.5 Å². The fourth-order valence-corrected chi connectivity index (χ4v) is 5.24. The van der Waals surface area contributed by atoms with E-state index < -0.39 is 5.41 Å². The summed E-state index contributed by atoms with van der Waals surface area (Å²) in [6, 6.07) is 15.8. The van der Waals surface area contributed by atoms with Crippen LogP contribution in [-0.4, -0.2) is 28.5 Å². The van der Waals surface area contributed by atoms with Gasteiger partial charge < -0.3 is 14.0 Å². The number of benzene rings is 2. The fourth-order valence-electron chi connectivity index (χ4n) is 3.93. The number of nitriles is 1. The van der Waals surface area contributed by atoms with Gasteiger partial charge in [0, 0.05) is 44.2 Å². The molecule has 0 radical (unpaired) electrons. The molecule has 7 heteroatoms. The van der Waals surface area contributed by atoms with Crippen molar-refractivity contribution in [2.75, 3.05) is 13.2 Å². The van der Waals surface area contributed by atoms with Gasteiger partial charge in [-0.1, -0.05) is 44.5 Å². The average molecular weight is 513 g/mol. The van der Waals surface area contributed by atoms with Crippen molar-refractivity contribution in [3.05, 3.63) is 58.7 Å². The maximum absolute atomic E-state index is 12.9. The fraction of sp³-hybridized carbons (Fsp3) is 0.429. The molecule has 0 saturated heterocycles. The summed E-state index contributed by atoms with van der Waals surface area (Å²) >= 11 is 7.90. The van der Waals surface area contributed by atoms with Gasteiger partial charge in [0.25, 0.3) is 0 Å². The van der Waals surface area contributed by atoms with E-state index in [2.05, 4.69) is 25.3 Å². The van der Waals surface area contributed by atoms with Crippen LogP contribution in [0.5, 0.6) is 5.75 Å². The Morgan fingerprint density at radius 1 is 1.11 bits per heavy atom. The first-order valence-corrected chi connectivity index (χ1v) is 12.9. The van der Waals surface area contributed by atoms with Crippen LogP contribution in [0.1, 0.15) is 52.8 Å². The molecule has 0 amide bonds. The highest BCUT2D eigenvalue weighted by Gasteiger charge is 2.34. The van der Waals surface area contributed by atoms with Gasteiger partial charge in [-0.25, -0.2) is 0 Å². The highest BCUT2D eigenvalue weighted by Crippen LogP contribution is 2.44. The lowest BCUT2D eigenvalue weighted by molar-refractivity contribution is -0.153. The minimum absolute atomic E-state index is 0.0124. The highest BCUT2D eigenvalue weighted by molar-refractivity contribution is 8.00. The summed E-state index contributed by atoms with van der Waals surface area (Å²) < 4.78 is 13.3. The second-order valence-electron chi connectivity index (χ2n) is 10.1. The average Bonchev–Trinajstić information content (AvgIpc) is 3.04. The first-order valence-electron chi connectivity index (χ1n) is 11.7. The third kappa shape index (κ3) is 6.74. The van der Waals surface area contributed by atoms with Crippen molar-refractivity contribution in [2.45, 2.75) is 64.2 Å². The Kier molecular flexibility index (Phi) is 8.46. The number of carbonyl (C=O) groups excluding carboxylic acids is 1. The Labute approximate surface area is 217 Å². The lowest BCUT2D eigenvalue weighted by Crippen LogP contribution is -2.30. The number of hydrogen-bond acceptors (Lipinski definition) is 5. The quantitative estimate of drug-likeness (QED) is 0.223. The largest absolute Gasteiger partial charge is 0.479 e. The third-order valence-corrected chi connectivity index (χ3v) is 7.02. The zero-order valence-corrected chi connectivity index (χ0v) is 22.8. The van der Waals surface area contributed by atoms with Gasteiger partial charge >= 0.3 is 5.97 Å². The Hall–Kier alpha value is -2.62. The number of carbonyl (C=O) groups is 1. The number of ether oxygens (including phenoxy) is 2. The van der Waals surface area contributed by atoms with Crippen LogP contribution < -0.4 is 4.74 Å². The summed E-state index contributed by atoms with van der Waals surface area (Å²) in [5, 5.41) is 10.7. The standard InChI is InChI=1S/C28H33ClN2O3S/c1-7-33-26(32)28(5,6)17-24-25(35-27(2,3)4)22-16-21(34-15-14-30)12-13-23(22)31(24)18-19-8-10-20(29)11-9-19/h8-13,16H,7,15,17-18H2,1-6H3. The molecule has 35 heavy (non-hydrogen) atoms. The molecule has 0 fully saturated rings. The number of esters is 1. The summed E-state index contributed by atoms with van der Waals surface area (Å²) in [5.74, 6) is 0.433. The van der Waals surface area contributed by atoms with Gasteiger partial charge in [-0.15, -0.1) is 11.8 Å². The van der Waals surface area contributed by atoms with E-state index in [0.717, 1.165) is 27.1 Å². The van der Waals surface area contributed by atoms with Gasteiger partial charge in [-0.05, 0) is 56.7 Å². The molecule has 186 valence electrons. The van der Waals surface area contributed by atoms with E-state index in [1.165, 1.54) is 0 Å². The van der Waals surface area contributed by atoms with Crippen molar-refractivity contribution < 1.29 is 14.3 Å². The Morgan fingerprint density at radius 3 is 2.40 bits per heavy atom. The lowest BCUT2D eigenvalue weighted by atomic mass is 9.87. The molecular formula is C28H33ClN2O3S.